The largest absolute Gasteiger partial charge is 0.506 e. The van der Waals surface area contributed by atoms with Crippen molar-refractivity contribution in [3.05, 3.63) is 43.7 Å². The van der Waals surface area contributed by atoms with Gasteiger partial charge in [0.25, 0.3) is 5.56 Å². The highest BCUT2D eigenvalue weighted by atomic mass is 35.5. The van der Waals surface area contributed by atoms with E-state index in [1.54, 1.807) is 4.57 Å². The van der Waals surface area contributed by atoms with E-state index in [1.165, 1.54) is 23.9 Å². The number of nitrogens with zero attached hydrogens (tertiary/aromatic N) is 2. The molecule has 1 aliphatic heterocycles. The normalized spacial score (nSPS) is 13.9. The number of benzene rings is 1. The first kappa shape index (κ1) is 15.5. The van der Waals surface area contributed by atoms with Crippen LogP contribution in [0.3, 0.4) is 0 Å². The number of aromatic hydroxyl groups is 2. The van der Waals surface area contributed by atoms with Gasteiger partial charge in [-0.25, -0.2) is 0 Å². The van der Waals surface area contributed by atoms with Gasteiger partial charge < -0.3 is 10.2 Å². The van der Waals surface area contributed by atoms with E-state index in [-0.39, 0.29) is 34.2 Å². The number of hydrogen-bond donors (Lipinski definition) is 2. The minimum absolute atomic E-state index is 0.00866. The summed E-state index contributed by atoms with van der Waals surface area (Å²) in [5.41, 5.74) is 0.195. The predicted molar refractivity (Wildman–Crippen MR) is 86.4 cm³/mol. The molecule has 2 N–H and O–H groups in total. The number of rotatable bonds is 2. The van der Waals surface area contributed by atoms with Crippen molar-refractivity contribution >= 4 is 35.0 Å². The van der Waals surface area contributed by atoms with E-state index in [9.17, 15) is 15.0 Å². The molecule has 0 atom stereocenters. The van der Waals surface area contributed by atoms with Crippen LogP contribution in [-0.2, 0) is 13.0 Å². The zero-order valence-corrected chi connectivity index (χ0v) is 13.7. The van der Waals surface area contributed by atoms with Crippen LogP contribution in [0.25, 0.3) is 0 Å². The Morgan fingerprint density at radius 2 is 2.09 bits per heavy atom. The maximum Gasteiger partial charge on any atom is 0.261 e. The molecule has 0 spiro atoms. The molecule has 0 radical (unpaired) electrons. The summed E-state index contributed by atoms with van der Waals surface area (Å²) in [5, 5.41) is 21.0. The molecular formula is C14H12Cl2N2O3S. The molecule has 2 aromatic rings. The van der Waals surface area contributed by atoms with Crippen molar-refractivity contribution in [1.82, 2.24) is 9.55 Å². The second kappa shape index (κ2) is 6.02. The highest BCUT2D eigenvalue weighted by molar-refractivity contribution is 7.99. The molecule has 1 aliphatic rings. The van der Waals surface area contributed by atoms with Crippen molar-refractivity contribution in [3.63, 3.8) is 0 Å². The number of phenolic OH excluding ortho intramolecular Hbond substituents is 1. The van der Waals surface area contributed by atoms with E-state index in [0.29, 0.717) is 22.3 Å². The van der Waals surface area contributed by atoms with Crippen LogP contribution in [0.1, 0.15) is 17.5 Å². The smallest absolute Gasteiger partial charge is 0.261 e. The van der Waals surface area contributed by atoms with Crippen LogP contribution in [0.15, 0.2) is 22.1 Å². The molecule has 0 amide bonds. The maximum absolute atomic E-state index is 12.5. The minimum Gasteiger partial charge on any atom is -0.506 e. The van der Waals surface area contributed by atoms with Gasteiger partial charge in [0.05, 0.1) is 10.6 Å². The summed E-state index contributed by atoms with van der Waals surface area (Å²) >= 11 is 13.2. The molecule has 0 saturated carbocycles. The zero-order valence-electron chi connectivity index (χ0n) is 11.3. The summed E-state index contributed by atoms with van der Waals surface area (Å²) in [6.07, 6.45) is 0.881. The van der Waals surface area contributed by atoms with Crippen molar-refractivity contribution in [3.8, 4) is 11.6 Å². The molecule has 116 valence electrons. The lowest BCUT2D eigenvalue weighted by atomic mass is 10.1. The molecule has 5 nitrogen and oxygen atoms in total. The summed E-state index contributed by atoms with van der Waals surface area (Å²) in [6, 6.07) is 2.93. The number of thioether (sulfide) groups is 1. The van der Waals surface area contributed by atoms with E-state index in [2.05, 4.69) is 4.98 Å². The summed E-state index contributed by atoms with van der Waals surface area (Å²) in [6.45, 7) is 0.573. The van der Waals surface area contributed by atoms with Crippen molar-refractivity contribution < 1.29 is 10.2 Å². The molecule has 1 aromatic carbocycles. The number of fused-ring (bicyclic) bond motifs is 1. The minimum atomic E-state index is -0.318. The number of hydrogen-bond acceptors (Lipinski definition) is 5. The van der Waals surface area contributed by atoms with Gasteiger partial charge in [-0.05, 0) is 18.6 Å². The SMILES string of the molecule is O=c1c(Cc2cc(Cl)cc(Cl)c2O)c(O)nc2n1CCCS2. The Morgan fingerprint density at radius 3 is 2.86 bits per heavy atom. The Balaban J connectivity index is 2.09. The Morgan fingerprint density at radius 1 is 1.32 bits per heavy atom. The fraction of sp³-hybridized carbons (Fsp3) is 0.286. The van der Waals surface area contributed by atoms with Gasteiger partial charge in [-0.15, -0.1) is 0 Å². The molecule has 1 aromatic heterocycles. The van der Waals surface area contributed by atoms with Gasteiger partial charge in [-0.3, -0.25) is 9.36 Å². The van der Waals surface area contributed by atoms with E-state index in [1.807, 2.05) is 0 Å². The van der Waals surface area contributed by atoms with Crippen LogP contribution < -0.4 is 5.56 Å². The summed E-state index contributed by atoms with van der Waals surface area (Å²) in [5.74, 6) is 0.402. The second-order valence-corrected chi connectivity index (χ2v) is 6.83. The van der Waals surface area contributed by atoms with Crippen molar-refractivity contribution in [2.45, 2.75) is 24.5 Å². The number of phenols is 1. The second-order valence-electron chi connectivity index (χ2n) is 4.93. The monoisotopic (exact) mass is 358 g/mol. The third-order valence-electron chi connectivity index (χ3n) is 3.44. The van der Waals surface area contributed by atoms with Crippen LogP contribution >= 0.6 is 35.0 Å². The number of aromatic nitrogens is 2. The Kier molecular flexibility index (Phi) is 4.25. The quantitative estimate of drug-likeness (QED) is 0.807. The molecule has 22 heavy (non-hydrogen) atoms. The molecule has 0 fully saturated rings. The predicted octanol–water partition coefficient (Wildman–Crippen LogP) is 3.05. The van der Waals surface area contributed by atoms with Gasteiger partial charge in [0.15, 0.2) is 5.16 Å². The molecule has 0 unspecified atom stereocenters. The Labute approximate surface area is 140 Å². The van der Waals surface area contributed by atoms with Crippen molar-refractivity contribution in [2.75, 3.05) is 5.75 Å². The van der Waals surface area contributed by atoms with Crippen LogP contribution in [-0.4, -0.2) is 25.5 Å². The topological polar surface area (TPSA) is 75.3 Å². The third-order valence-corrected chi connectivity index (χ3v) is 5.01. The lowest BCUT2D eigenvalue weighted by molar-refractivity contribution is 0.420. The lowest BCUT2D eigenvalue weighted by Crippen LogP contribution is -2.29. The summed E-state index contributed by atoms with van der Waals surface area (Å²) < 4.78 is 1.55. The molecule has 2 heterocycles. The Bertz CT molecular complexity index is 808. The highest BCUT2D eigenvalue weighted by Gasteiger charge is 2.21. The third kappa shape index (κ3) is 2.78. The standard InChI is InChI=1S/C14H12Cl2N2O3S/c15-8-4-7(11(19)10(16)6-8)5-9-12(20)17-14-18(13(9)21)2-1-3-22-14/h4,6,19-20H,1-3,5H2. The van der Waals surface area contributed by atoms with Crippen LogP contribution in [0.2, 0.25) is 10.0 Å². The van der Waals surface area contributed by atoms with Crippen LogP contribution in [0, 0.1) is 0 Å². The number of halogens is 2. The summed E-state index contributed by atoms with van der Waals surface area (Å²) in [4.78, 5) is 16.6. The van der Waals surface area contributed by atoms with Crippen LogP contribution in [0.4, 0.5) is 0 Å². The fourth-order valence-corrected chi connectivity index (χ4v) is 3.83. The van der Waals surface area contributed by atoms with Gasteiger partial charge in [-0.1, -0.05) is 35.0 Å². The Hall–Kier alpha value is -1.37. The van der Waals surface area contributed by atoms with Gasteiger partial charge in [0, 0.05) is 29.3 Å². The van der Waals surface area contributed by atoms with Gasteiger partial charge in [0.2, 0.25) is 5.88 Å². The molecule has 0 aliphatic carbocycles. The van der Waals surface area contributed by atoms with Crippen molar-refractivity contribution in [2.24, 2.45) is 0 Å². The van der Waals surface area contributed by atoms with Gasteiger partial charge >= 0.3 is 0 Å². The molecule has 3 rings (SSSR count). The van der Waals surface area contributed by atoms with Gasteiger partial charge in [-0.2, -0.15) is 4.98 Å². The maximum atomic E-state index is 12.5. The molecular weight excluding hydrogens is 347 g/mol. The van der Waals surface area contributed by atoms with Crippen LogP contribution in [0.5, 0.6) is 11.6 Å². The van der Waals surface area contributed by atoms with E-state index in [4.69, 9.17) is 23.2 Å². The highest BCUT2D eigenvalue weighted by Crippen LogP contribution is 2.33. The lowest BCUT2D eigenvalue weighted by Gasteiger charge is -2.18. The van der Waals surface area contributed by atoms with E-state index >= 15 is 0 Å². The average Bonchev–Trinajstić information content (AvgIpc) is 2.48. The first-order chi connectivity index (χ1) is 10.5. The van der Waals surface area contributed by atoms with Crippen molar-refractivity contribution in [1.29, 1.82) is 0 Å². The molecule has 0 saturated heterocycles. The first-order valence-electron chi connectivity index (χ1n) is 6.59. The fourth-order valence-electron chi connectivity index (χ4n) is 2.36. The van der Waals surface area contributed by atoms with E-state index in [0.717, 1.165) is 12.2 Å². The molecule has 0 bridgehead atoms. The average molecular weight is 359 g/mol. The zero-order chi connectivity index (χ0) is 15.9. The summed E-state index contributed by atoms with van der Waals surface area (Å²) in [7, 11) is 0. The van der Waals surface area contributed by atoms with Gasteiger partial charge in [0.1, 0.15) is 5.75 Å². The molecule has 8 heteroatoms. The van der Waals surface area contributed by atoms with E-state index < -0.39 is 0 Å². The first-order valence-corrected chi connectivity index (χ1v) is 8.34.